The zero-order chi connectivity index (χ0) is 26.0. The van der Waals surface area contributed by atoms with Crippen LogP contribution in [0.2, 0.25) is 5.02 Å². The molecule has 0 aliphatic heterocycles. The number of carbonyl (C=O) groups is 1. The summed E-state index contributed by atoms with van der Waals surface area (Å²) in [6.07, 6.45) is 0. The molecule has 0 bridgehead atoms. The average Bonchev–Trinajstić information content (AvgIpc) is 3.27. The molecule has 3 aromatic carbocycles. The van der Waals surface area contributed by atoms with E-state index in [4.69, 9.17) is 11.6 Å². The first-order chi connectivity index (χ1) is 17.0. The predicted molar refractivity (Wildman–Crippen MR) is 139 cm³/mol. The standard InChI is InChI=1S/C22H13BrClFN4O5S2/c23-13-3-1-12(2-4-13)19-11-35-22(26-19)27-21(30)16-7-5-14(25)9-18(16)28-36(33,34)20-8-6-15(29(31)32)10-17(20)24/h1-11,28H,(H,26,27,30). The van der Waals surface area contributed by atoms with Gasteiger partial charge in [-0.1, -0.05) is 39.7 Å². The minimum Gasteiger partial charge on any atom is -0.298 e. The van der Waals surface area contributed by atoms with Crippen molar-refractivity contribution in [2.24, 2.45) is 0 Å². The quantitative estimate of drug-likeness (QED) is 0.186. The molecule has 1 amide bonds. The van der Waals surface area contributed by atoms with Gasteiger partial charge in [-0.2, -0.15) is 0 Å². The van der Waals surface area contributed by atoms with Gasteiger partial charge in [0, 0.05) is 27.5 Å². The lowest BCUT2D eigenvalue weighted by atomic mass is 10.1. The van der Waals surface area contributed by atoms with Crippen LogP contribution in [0, 0.1) is 15.9 Å². The smallest absolute Gasteiger partial charge is 0.271 e. The molecule has 4 rings (SSSR count). The van der Waals surface area contributed by atoms with E-state index in [1.807, 2.05) is 24.3 Å². The largest absolute Gasteiger partial charge is 0.298 e. The van der Waals surface area contributed by atoms with Crippen molar-refractivity contribution in [1.29, 1.82) is 0 Å². The third-order valence-electron chi connectivity index (χ3n) is 4.75. The normalized spacial score (nSPS) is 11.2. The first-order valence-electron chi connectivity index (χ1n) is 9.82. The average molecular weight is 612 g/mol. The number of anilines is 2. The highest BCUT2D eigenvalue weighted by atomic mass is 79.9. The fraction of sp³-hybridized carbons (Fsp3) is 0. The van der Waals surface area contributed by atoms with Crippen LogP contribution in [-0.2, 0) is 10.0 Å². The Bertz CT molecular complexity index is 1600. The molecule has 36 heavy (non-hydrogen) atoms. The molecule has 2 N–H and O–H groups in total. The van der Waals surface area contributed by atoms with Gasteiger partial charge in [-0.3, -0.25) is 24.9 Å². The number of rotatable bonds is 7. The Kier molecular flexibility index (Phi) is 7.36. The van der Waals surface area contributed by atoms with Crippen LogP contribution < -0.4 is 10.0 Å². The van der Waals surface area contributed by atoms with Gasteiger partial charge in [0.15, 0.2) is 5.13 Å². The van der Waals surface area contributed by atoms with Gasteiger partial charge in [0.1, 0.15) is 10.7 Å². The Morgan fingerprint density at radius 1 is 1.11 bits per heavy atom. The molecule has 0 aliphatic rings. The maximum atomic E-state index is 14.0. The number of nitro groups is 1. The van der Waals surface area contributed by atoms with E-state index in [9.17, 15) is 27.7 Å². The van der Waals surface area contributed by atoms with Gasteiger partial charge in [0.05, 0.1) is 26.9 Å². The second kappa shape index (κ2) is 10.3. The molecule has 0 radical (unpaired) electrons. The molecule has 0 spiro atoms. The fourth-order valence-electron chi connectivity index (χ4n) is 3.07. The summed E-state index contributed by atoms with van der Waals surface area (Å²) in [7, 11) is -4.44. The highest BCUT2D eigenvalue weighted by Gasteiger charge is 2.24. The summed E-state index contributed by atoms with van der Waals surface area (Å²) in [5.41, 5.74) is 0.501. The van der Waals surface area contributed by atoms with Crippen LogP contribution in [0.1, 0.15) is 10.4 Å². The molecule has 4 aromatic rings. The molecule has 0 saturated carbocycles. The van der Waals surface area contributed by atoms with E-state index in [-0.39, 0.29) is 16.4 Å². The van der Waals surface area contributed by atoms with Crippen molar-refractivity contribution >= 4 is 71.3 Å². The van der Waals surface area contributed by atoms with Gasteiger partial charge in [-0.15, -0.1) is 11.3 Å². The first-order valence-corrected chi connectivity index (χ1v) is 13.4. The van der Waals surface area contributed by atoms with Crippen LogP contribution in [0.3, 0.4) is 0 Å². The molecule has 184 valence electrons. The monoisotopic (exact) mass is 610 g/mol. The SMILES string of the molecule is O=C(Nc1nc(-c2ccc(Br)cc2)cs1)c1ccc(F)cc1NS(=O)(=O)c1ccc([N+](=O)[O-])cc1Cl. The Hall–Kier alpha value is -3.39. The Morgan fingerprint density at radius 2 is 1.83 bits per heavy atom. The summed E-state index contributed by atoms with van der Waals surface area (Å²) in [4.78, 5) is 27.0. The molecule has 1 aromatic heterocycles. The lowest BCUT2D eigenvalue weighted by Crippen LogP contribution is -2.19. The summed E-state index contributed by atoms with van der Waals surface area (Å²) in [5.74, 6) is -1.54. The van der Waals surface area contributed by atoms with Gasteiger partial charge in [-0.25, -0.2) is 17.8 Å². The van der Waals surface area contributed by atoms with E-state index in [1.165, 1.54) is 0 Å². The van der Waals surface area contributed by atoms with Crippen molar-refractivity contribution in [3.05, 3.63) is 97.0 Å². The van der Waals surface area contributed by atoms with E-state index >= 15 is 0 Å². The summed E-state index contributed by atoms with van der Waals surface area (Å²) in [5, 5.41) is 15.0. The van der Waals surface area contributed by atoms with Crippen molar-refractivity contribution in [2.45, 2.75) is 4.90 Å². The van der Waals surface area contributed by atoms with Gasteiger partial charge < -0.3 is 0 Å². The van der Waals surface area contributed by atoms with Crippen molar-refractivity contribution in [3.63, 3.8) is 0 Å². The van der Waals surface area contributed by atoms with Crippen molar-refractivity contribution in [2.75, 3.05) is 10.0 Å². The molecule has 0 aliphatic carbocycles. The molecule has 9 nitrogen and oxygen atoms in total. The predicted octanol–water partition coefficient (Wildman–Crippen LogP) is 6.33. The summed E-state index contributed by atoms with van der Waals surface area (Å²) in [6.45, 7) is 0. The van der Waals surface area contributed by atoms with E-state index < -0.39 is 42.3 Å². The number of nitrogens with zero attached hydrogens (tertiary/aromatic N) is 2. The number of amides is 1. The number of hydrogen-bond donors (Lipinski definition) is 2. The number of thiazole rings is 1. The number of hydrogen-bond acceptors (Lipinski definition) is 7. The van der Waals surface area contributed by atoms with Gasteiger partial charge >= 0.3 is 0 Å². The van der Waals surface area contributed by atoms with Crippen LogP contribution in [-0.4, -0.2) is 24.2 Å². The molecule has 0 atom stereocenters. The van der Waals surface area contributed by atoms with Gasteiger partial charge in [0.25, 0.3) is 21.6 Å². The summed E-state index contributed by atoms with van der Waals surface area (Å²) >= 11 is 10.5. The topological polar surface area (TPSA) is 131 Å². The van der Waals surface area contributed by atoms with Crippen molar-refractivity contribution < 1.29 is 22.5 Å². The molecule has 1 heterocycles. The van der Waals surface area contributed by atoms with Crippen LogP contribution in [0.15, 0.2) is 75.4 Å². The lowest BCUT2D eigenvalue weighted by molar-refractivity contribution is -0.384. The minimum atomic E-state index is -4.44. The van der Waals surface area contributed by atoms with E-state index in [1.54, 1.807) is 5.38 Å². The van der Waals surface area contributed by atoms with Crippen LogP contribution in [0.25, 0.3) is 11.3 Å². The third kappa shape index (κ3) is 5.70. The van der Waals surface area contributed by atoms with Gasteiger partial charge in [-0.05, 0) is 36.4 Å². The van der Waals surface area contributed by atoms with Crippen LogP contribution in [0.4, 0.5) is 20.9 Å². The highest BCUT2D eigenvalue weighted by Crippen LogP contribution is 2.30. The fourth-order valence-corrected chi connectivity index (χ4v) is 5.66. The molecular formula is C22H13BrClFN4O5S2. The van der Waals surface area contributed by atoms with Crippen molar-refractivity contribution in [3.8, 4) is 11.3 Å². The van der Waals surface area contributed by atoms with E-state index in [0.29, 0.717) is 5.69 Å². The molecule has 0 saturated heterocycles. The number of carbonyl (C=O) groups excluding carboxylic acids is 1. The number of benzene rings is 3. The number of non-ortho nitro benzene ring substituents is 1. The number of halogens is 3. The van der Waals surface area contributed by atoms with E-state index in [2.05, 4.69) is 31.0 Å². The Morgan fingerprint density at radius 3 is 2.50 bits per heavy atom. The number of sulfonamides is 1. The maximum absolute atomic E-state index is 14.0. The summed E-state index contributed by atoms with van der Waals surface area (Å²) in [6, 6.07) is 13.1. The molecule has 14 heteroatoms. The number of nitro benzene ring substituents is 1. The van der Waals surface area contributed by atoms with Crippen molar-refractivity contribution in [1.82, 2.24) is 4.98 Å². The minimum absolute atomic E-state index is 0.182. The first kappa shape index (κ1) is 25.7. The third-order valence-corrected chi connectivity index (χ3v) is 7.89. The maximum Gasteiger partial charge on any atom is 0.271 e. The number of aromatic nitrogens is 1. The second-order valence-electron chi connectivity index (χ2n) is 7.17. The second-order valence-corrected chi connectivity index (χ2v) is 11.0. The highest BCUT2D eigenvalue weighted by molar-refractivity contribution is 9.10. The zero-order valence-corrected chi connectivity index (χ0v) is 21.7. The van der Waals surface area contributed by atoms with E-state index in [0.717, 1.165) is 57.8 Å². The lowest BCUT2D eigenvalue weighted by Gasteiger charge is -2.13. The zero-order valence-electron chi connectivity index (χ0n) is 17.7. The molecular weight excluding hydrogens is 599 g/mol. The molecule has 0 unspecified atom stereocenters. The van der Waals surface area contributed by atoms with Gasteiger partial charge in [0.2, 0.25) is 0 Å². The van der Waals surface area contributed by atoms with Crippen LogP contribution >= 0.6 is 38.9 Å². The number of nitrogens with one attached hydrogen (secondary N) is 2. The Balaban J connectivity index is 1.59. The summed E-state index contributed by atoms with van der Waals surface area (Å²) < 4.78 is 42.8. The van der Waals surface area contributed by atoms with Crippen LogP contribution in [0.5, 0.6) is 0 Å². The Labute approximate surface area is 221 Å². The molecule has 0 fully saturated rings.